The number of carbonyl (C=O) groups is 1. The number of methoxy groups -OCH3 is 1. The molecule has 1 N–H and O–H groups in total. The average Bonchev–Trinajstić information content (AvgIpc) is 3.37. The lowest BCUT2D eigenvalue weighted by molar-refractivity contribution is -0.115. The summed E-state index contributed by atoms with van der Waals surface area (Å²) >= 11 is 7.11. The fraction of sp³-hybridized carbons (Fsp3) is 0.263. The van der Waals surface area contributed by atoms with Gasteiger partial charge >= 0.3 is 0 Å². The van der Waals surface area contributed by atoms with E-state index in [1.54, 1.807) is 18.5 Å². The Bertz CT molecular complexity index is 1050. The molecule has 0 saturated carbocycles. The van der Waals surface area contributed by atoms with E-state index in [0.29, 0.717) is 31.8 Å². The number of nitrogens with one attached hydrogen (secondary N) is 1. The zero-order valence-corrected chi connectivity index (χ0v) is 19.1. The van der Waals surface area contributed by atoms with Crippen LogP contribution in [-0.4, -0.2) is 36.7 Å². The number of carbonyl (C=O) groups excluding carboxylic acids is 1. The Morgan fingerprint density at radius 2 is 2.13 bits per heavy atom. The van der Waals surface area contributed by atoms with Crippen LogP contribution in [-0.2, 0) is 9.63 Å². The summed E-state index contributed by atoms with van der Waals surface area (Å²) in [6.07, 6.45) is 4.23. The van der Waals surface area contributed by atoms with Crippen LogP contribution < -0.4 is 19.6 Å². The van der Waals surface area contributed by atoms with E-state index in [1.165, 1.54) is 13.3 Å². The third-order valence-corrected chi connectivity index (χ3v) is 6.20. The molecule has 2 aliphatic rings. The van der Waals surface area contributed by atoms with Crippen LogP contribution >= 0.6 is 31.9 Å². The SMILES string of the molecule is COc1c(Br)c(C2ON=C(C(=O)NN=Cc3cccnc3)C2C)c(Br)c2c1OCO2. The Morgan fingerprint density at radius 1 is 1.33 bits per heavy atom. The van der Waals surface area contributed by atoms with Gasteiger partial charge in [-0.05, 0) is 37.9 Å². The molecule has 11 heteroatoms. The Kier molecular flexibility index (Phi) is 5.91. The molecule has 3 heterocycles. The normalized spacial score (nSPS) is 19.5. The molecule has 0 fully saturated rings. The van der Waals surface area contributed by atoms with Gasteiger partial charge in [0.05, 0.1) is 28.2 Å². The number of fused-ring (bicyclic) bond motifs is 1. The predicted octanol–water partition coefficient (Wildman–Crippen LogP) is 3.56. The van der Waals surface area contributed by atoms with E-state index >= 15 is 0 Å². The van der Waals surface area contributed by atoms with Crippen molar-refractivity contribution in [1.29, 1.82) is 0 Å². The summed E-state index contributed by atoms with van der Waals surface area (Å²) in [4.78, 5) is 22.2. The second kappa shape index (κ2) is 8.60. The van der Waals surface area contributed by atoms with Gasteiger partial charge in [-0.25, -0.2) is 5.43 Å². The summed E-state index contributed by atoms with van der Waals surface area (Å²) in [5.41, 5.74) is 4.15. The molecule has 0 saturated heterocycles. The first-order valence-electron chi connectivity index (χ1n) is 8.84. The highest BCUT2D eigenvalue weighted by Crippen LogP contribution is 2.55. The molecule has 2 unspecified atom stereocenters. The van der Waals surface area contributed by atoms with Crippen LogP contribution in [0.1, 0.15) is 24.2 Å². The van der Waals surface area contributed by atoms with Crippen LogP contribution in [0, 0.1) is 5.92 Å². The Hall–Kier alpha value is -2.66. The standard InChI is InChI=1S/C19H16Br2N4O5/c1-9-14(19(26)24-23-7-10-4-3-5-22-6-10)25-30-15(9)11-12(20)16(27-2)18-17(13(11)21)28-8-29-18/h3-7,9,15H,8H2,1-2H3,(H,24,26). The van der Waals surface area contributed by atoms with Crippen molar-refractivity contribution in [3.63, 3.8) is 0 Å². The molecule has 2 atom stereocenters. The maximum Gasteiger partial charge on any atom is 0.289 e. The number of oxime groups is 1. The number of rotatable bonds is 5. The highest BCUT2D eigenvalue weighted by Gasteiger charge is 2.41. The summed E-state index contributed by atoms with van der Waals surface area (Å²) in [7, 11) is 1.54. The van der Waals surface area contributed by atoms with Gasteiger partial charge in [0.2, 0.25) is 12.5 Å². The zero-order chi connectivity index (χ0) is 21.3. The van der Waals surface area contributed by atoms with Crippen molar-refractivity contribution in [3.05, 3.63) is 44.6 Å². The molecule has 2 aliphatic heterocycles. The minimum atomic E-state index is -0.555. The smallest absolute Gasteiger partial charge is 0.289 e. The van der Waals surface area contributed by atoms with E-state index in [1.807, 2.05) is 13.0 Å². The first-order valence-corrected chi connectivity index (χ1v) is 10.4. The van der Waals surface area contributed by atoms with Gasteiger partial charge in [-0.2, -0.15) is 5.10 Å². The summed E-state index contributed by atoms with van der Waals surface area (Å²) in [5, 5.41) is 7.95. The highest BCUT2D eigenvalue weighted by molar-refractivity contribution is 9.11. The molecule has 156 valence electrons. The summed E-state index contributed by atoms with van der Waals surface area (Å²) in [6, 6.07) is 3.60. The first-order chi connectivity index (χ1) is 14.5. The summed E-state index contributed by atoms with van der Waals surface area (Å²) in [6.45, 7) is 1.93. The van der Waals surface area contributed by atoms with E-state index < -0.39 is 12.0 Å². The Morgan fingerprint density at radius 3 is 2.87 bits per heavy atom. The van der Waals surface area contributed by atoms with Crippen molar-refractivity contribution >= 4 is 49.7 Å². The Balaban J connectivity index is 1.54. The van der Waals surface area contributed by atoms with Gasteiger partial charge < -0.3 is 19.0 Å². The second-order valence-corrected chi connectivity index (χ2v) is 8.00. The molecule has 9 nitrogen and oxygen atoms in total. The number of halogens is 2. The molecule has 1 aromatic heterocycles. The highest BCUT2D eigenvalue weighted by atomic mass is 79.9. The number of hydrogen-bond donors (Lipinski definition) is 1. The van der Waals surface area contributed by atoms with Crippen molar-refractivity contribution in [2.75, 3.05) is 13.9 Å². The predicted molar refractivity (Wildman–Crippen MR) is 115 cm³/mol. The average molecular weight is 540 g/mol. The molecule has 0 bridgehead atoms. The number of hydrazone groups is 1. The van der Waals surface area contributed by atoms with Gasteiger partial charge in [-0.3, -0.25) is 9.78 Å². The molecule has 4 rings (SSSR count). The second-order valence-electron chi connectivity index (χ2n) is 6.42. The van der Waals surface area contributed by atoms with E-state index in [2.05, 4.69) is 52.5 Å². The van der Waals surface area contributed by atoms with E-state index in [4.69, 9.17) is 19.0 Å². The maximum atomic E-state index is 12.6. The largest absolute Gasteiger partial charge is 0.492 e. The van der Waals surface area contributed by atoms with Gasteiger partial charge in [-0.1, -0.05) is 18.1 Å². The molecule has 2 aromatic rings. The van der Waals surface area contributed by atoms with Crippen LogP contribution in [0.15, 0.2) is 43.7 Å². The van der Waals surface area contributed by atoms with Crippen LogP contribution in [0.4, 0.5) is 0 Å². The molecular weight excluding hydrogens is 524 g/mol. The van der Waals surface area contributed by atoms with Crippen LogP contribution in [0.25, 0.3) is 0 Å². The summed E-state index contributed by atoms with van der Waals surface area (Å²) in [5.74, 6) is 0.672. The van der Waals surface area contributed by atoms with Gasteiger partial charge in [-0.15, -0.1) is 0 Å². The molecule has 0 radical (unpaired) electrons. The summed E-state index contributed by atoms with van der Waals surface area (Å²) < 4.78 is 17.8. The van der Waals surface area contributed by atoms with Crippen LogP contribution in [0.5, 0.6) is 17.2 Å². The van der Waals surface area contributed by atoms with E-state index in [-0.39, 0.29) is 18.4 Å². The third kappa shape index (κ3) is 3.63. The molecule has 1 aromatic carbocycles. The number of aromatic nitrogens is 1. The molecule has 0 spiro atoms. The number of nitrogens with zero attached hydrogens (tertiary/aromatic N) is 3. The maximum absolute atomic E-state index is 12.6. The third-order valence-electron chi connectivity index (χ3n) is 4.63. The number of hydrogen-bond acceptors (Lipinski definition) is 8. The monoisotopic (exact) mass is 538 g/mol. The van der Waals surface area contributed by atoms with Crippen molar-refractivity contribution in [2.24, 2.45) is 16.2 Å². The minimum Gasteiger partial charge on any atom is -0.492 e. The van der Waals surface area contributed by atoms with Gasteiger partial charge in [0.25, 0.3) is 5.91 Å². The van der Waals surface area contributed by atoms with Crippen LogP contribution in [0.3, 0.4) is 0 Å². The quantitative estimate of drug-likeness (QED) is 0.460. The fourth-order valence-corrected chi connectivity index (χ4v) is 4.89. The topological polar surface area (TPSA) is 104 Å². The zero-order valence-electron chi connectivity index (χ0n) is 15.9. The molecule has 1 amide bonds. The minimum absolute atomic E-state index is 0.0837. The molecule has 30 heavy (non-hydrogen) atoms. The van der Waals surface area contributed by atoms with Gasteiger partial charge in [0.1, 0.15) is 0 Å². The lowest BCUT2D eigenvalue weighted by atomic mass is 9.93. The fourth-order valence-electron chi connectivity index (χ4n) is 3.14. The van der Waals surface area contributed by atoms with Crippen molar-refractivity contribution in [3.8, 4) is 17.2 Å². The van der Waals surface area contributed by atoms with Crippen molar-refractivity contribution < 1.29 is 23.8 Å². The van der Waals surface area contributed by atoms with Gasteiger partial charge in [0.15, 0.2) is 23.3 Å². The van der Waals surface area contributed by atoms with Crippen molar-refractivity contribution in [2.45, 2.75) is 13.0 Å². The van der Waals surface area contributed by atoms with E-state index in [0.717, 1.165) is 5.56 Å². The number of amides is 1. The number of benzene rings is 1. The van der Waals surface area contributed by atoms with E-state index in [9.17, 15) is 4.79 Å². The lowest BCUT2D eigenvalue weighted by Crippen LogP contribution is -2.31. The Labute approximate surface area is 188 Å². The van der Waals surface area contributed by atoms with Gasteiger partial charge in [0, 0.05) is 23.5 Å². The number of ether oxygens (including phenoxy) is 3. The van der Waals surface area contributed by atoms with Crippen molar-refractivity contribution in [1.82, 2.24) is 10.4 Å². The lowest BCUT2D eigenvalue weighted by Gasteiger charge is -2.20. The first kappa shape index (κ1) is 20.6. The molecular formula is C19H16Br2N4O5. The molecule has 0 aliphatic carbocycles. The number of pyridine rings is 1. The van der Waals surface area contributed by atoms with Crippen LogP contribution in [0.2, 0.25) is 0 Å².